The minimum absolute atomic E-state index is 0.124. The van der Waals surface area contributed by atoms with Gasteiger partial charge in [-0.2, -0.15) is 5.10 Å². The summed E-state index contributed by atoms with van der Waals surface area (Å²) in [5, 5.41) is 8.74. The summed E-state index contributed by atoms with van der Waals surface area (Å²) >= 11 is 6.17. The highest BCUT2D eigenvalue weighted by molar-refractivity contribution is 6.30. The van der Waals surface area contributed by atoms with Gasteiger partial charge in [0.15, 0.2) is 0 Å². The largest absolute Gasteiger partial charge is 0.377 e. The average Bonchev–Trinajstić information content (AvgIpc) is 2.93. The quantitative estimate of drug-likeness (QED) is 0.873. The lowest BCUT2D eigenvalue weighted by atomic mass is 9.78. The van der Waals surface area contributed by atoms with Crippen LogP contribution in [0.5, 0.6) is 0 Å². The van der Waals surface area contributed by atoms with Gasteiger partial charge < -0.3 is 10.1 Å². The van der Waals surface area contributed by atoms with Crippen LogP contribution in [0.15, 0.2) is 30.6 Å². The molecule has 2 aromatic rings. The van der Waals surface area contributed by atoms with E-state index in [0.717, 1.165) is 30.2 Å². The van der Waals surface area contributed by atoms with Crippen LogP contribution in [0.3, 0.4) is 0 Å². The Morgan fingerprint density at radius 3 is 3.14 bits per heavy atom. The van der Waals surface area contributed by atoms with Crippen molar-refractivity contribution in [2.45, 2.75) is 25.0 Å². The van der Waals surface area contributed by atoms with Crippen LogP contribution < -0.4 is 5.32 Å². The number of aromatic nitrogens is 2. The monoisotopic (exact) mass is 303 g/mol. The molecule has 1 aromatic carbocycles. The maximum atomic E-state index is 6.17. The maximum absolute atomic E-state index is 6.17. The number of halogens is 1. The molecule has 1 N–H and O–H groups in total. The van der Waals surface area contributed by atoms with Crippen LogP contribution in [0.4, 0.5) is 5.69 Å². The Morgan fingerprint density at radius 1 is 1.43 bits per heavy atom. The molecule has 0 aliphatic carbocycles. The van der Waals surface area contributed by atoms with Crippen molar-refractivity contribution in [3.63, 3.8) is 0 Å². The van der Waals surface area contributed by atoms with Gasteiger partial charge in [0.1, 0.15) is 0 Å². The first-order valence-corrected chi connectivity index (χ1v) is 7.76. The lowest BCUT2D eigenvalue weighted by molar-refractivity contribution is -0.0381. The van der Waals surface area contributed by atoms with Gasteiger partial charge >= 0.3 is 0 Å². The molecule has 0 radical (unpaired) electrons. The van der Waals surface area contributed by atoms with Crippen molar-refractivity contribution in [3.8, 4) is 0 Å². The van der Waals surface area contributed by atoms with Crippen LogP contribution >= 0.6 is 11.6 Å². The van der Waals surface area contributed by atoms with E-state index in [1.165, 1.54) is 11.1 Å². The number of hydrogen-bond donors (Lipinski definition) is 1. The third kappa shape index (κ3) is 2.23. The second-order valence-electron chi connectivity index (χ2n) is 5.90. The first kappa shape index (κ1) is 13.2. The van der Waals surface area contributed by atoms with Crippen molar-refractivity contribution in [1.82, 2.24) is 9.78 Å². The number of benzene rings is 1. The van der Waals surface area contributed by atoms with Crippen molar-refractivity contribution in [2.24, 2.45) is 13.0 Å². The lowest BCUT2D eigenvalue weighted by Gasteiger charge is -2.43. The van der Waals surface area contributed by atoms with E-state index in [2.05, 4.69) is 22.7 Å². The van der Waals surface area contributed by atoms with Crippen LogP contribution in [-0.2, 0) is 11.8 Å². The number of ether oxygens (including phenoxy) is 1. The van der Waals surface area contributed by atoms with Gasteiger partial charge in [0.05, 0.1) is 18.3 Å². The molecule has 2 aliphatic heterocycles. The van der Waals surface area contributed by atoms with Crippen molar-refractivity contribution in [1.29, 1.82) is 0 Å². The summed E-state index contributed by atoms with van der Waals surface area (Å²) in [6.45, 7) is 0.826. The number of anilines is 1. The first-order chi connectivity index (χ1) is 10.2. The highest BCUT2D eigenvalue weighted by Gasteiger charge is 2.40. The van der Waals surface area contributed by atoms with Gasteiger partial charge in [-0.05, 0) is 31.0 Å². The van der Waals surface area contributed by atoms with Gasteiger partial charge in [-0.3, -0.25) is 4.68 Å². The van der Waals surface area contributed by atoms with E-state index in [0.29, 0.717) is 5.92 Å². The van der Waals surface area contributed by atoms with E-state index in [1.54, 1.807) is 0 Å². The zero-order valence-electron chi connectivity index (χ0n) is 11.9. The topological polar surface area (TPSA) is 39.1 Å². The third-order valence-corrected chi connectivity index (χ3v) is 4.75. The summed E-state index contributed by atoms with van der Waals surface area (Å²) in [5.74, 6) is 0.425. The van der Waals surface area contributed by atoms with Crippen molar-refractivity contribution in [3.05, 3.63) is 46.7 Å². The van der Waals surface area contributed by atoms with Gasteiger partial charge in [-0.1, -0.05) is 11.6 Å². The number of nitrogens with one attached hydrogen (secondary N) is 1. The fourth-order valence-electron chi connectivity index (χ4n) is 3.57. The molecule has 5 heteroatoms. The molecule has 2 aliphatic rings. The van der Waals surface area contributed by atoms with Crippen LogP contribution in [0.25, 0.3) is 0 Å². The SMILES string of the molecule is Cn1cc([C@@H]2Nc3ccc(Cl)cc3[C@H]3OCCC[C@H]32)cn1. The Labute approximate surface area is 129 Å². The van der Waals surface area contributed by atoms with E-state index in [-0.39, 0.29) is 12.1 Å². The molecule has 1 saturated heterocycles. The summed E-state index contributed by atoms with van der Waals surface area (Å²) in [6, 6.07) is 6.26. The highest BCUT2D eigenvalue weighted by Crippen LogP contribution is 2.49. The van der Waals surface area contributed by atoms with Crippen molar-refractivity contribution >= 4 is 17.3 Å². The smallest absolute Gasteiger partial charge is 0.0896 e. The fraction of sp³-hybridized carbons (Fsp3) is 0.438. The molecule has 0 saturated carbocycles. The number of hydrogen-bond acceptors (Lipinski definition) is 3. The average molecular weight is 304 g/mol. The molecule has 1 fully saturated rings. The van der Waals surface area contributed by atoms with E-state index in [4.69, 9.17) is 16.3 Å². The van der Waals surface area contributed by atoms with E-state index < -0.39 is 0 Å². The fourth-order valence-corrected chi connectivity index (χ4v) is 3.75. The Kier molecular flexibility index (Phi) is 3.16. The highest BCUT2D eigenvalue weighted by atomic mass is 35.5. The second kappa shape index (κ2) is 5.04. The molecule has 4 rings (SSSR count). The van der Waals surface area contributed by atoms with Crippen LogP contribution in [-0.4, -0.2) is 16.4 Å². The number of nitrogens with zero attached hydrogens (tertiary/aromatic N) is 2. The molecule has 4 nitrogen and oxygen atoms in total. The predicted molar refractivity (Wildman–Crippen MR) is 82.4 cm³/mol. The minimum atomic E-state index is 0.124. The Bertz CT molecular complexity index is 669. The van der Waals surface area contributed by atoms with E-state index in [9.17, 15) is 0 Å². The minimum Gasteiger partial charge on any atom is -0.377 e. The number of fused-ring (bicyclic) bond motifs is 3. The molecule has 3 heterocycles. The number of rotatable bonds is 1. The van der Waals surface area contributed by atoms with Crippen molar-refractivity contribution < 1.29 is 4.74 Å². The van der Waals surface area contributed by atoms with Gasteiger partial charge in [0.2, 0.25) is 0 Å². The zero-order valence-corrected chi connectivity index (χ0v) is 12.7. The molecule has 0 amide bonds. The third-order valence-electron chi connectivity index (χ3n) is 4.51. The van der Waals surface area contributed by atoms with Gasteiger partial charge in [0, 0.05) is 47.6 Å². The lowest BCUT2D eigenvalue weighted by Crippen LogP contribution is -2.35. The Morgan fingerprint density at radius 2 is 2.33 bits per heavy atom. The summed E-state index contributed by atoms with van der Waals surface area (Å²) in [7, 11) is 1.95. The predicted octanol–water partition coefficient (Wildman–Crippen LogP) is 3.71. The Balaban J connectivity index is 1.78. The van der Waals surface area contributed by atoms with Gasteiger partial charge in [-0.15, -0.1) is 0 Å². The van der Waals surface area contributed by atoms with Crippen LogP contribution in [0.1, 0.15) is 36.1 Å². The zero-order chi connectivity index (χ0) is 14.4. The summed E-state index contributed by atoms with van der Waals surface area (Å²) in [4.78, 5) is 0. The van der Waals surface area contributed by atoms with Gasteiger partial charge in [-0.25, -0.2) is 0 Å². The molecule has 21 heavy (non-hydrogen) atoms. The van der Waals surface area contributed by atoms with Crippen molar-refractivity contribution in [2.75, 3.05) is 11.9 Å². The van der Waals surface area contributed by atoms with Crippen LogP contribution in [0.2, 0.25) is 5.02 Å². The normalized spacial score (nSPS) is 27.6. The Hall–Kier alpha value is -1.52. The molecule has 0 unspecified atom stereocenters. The molecule has 1 aromatic heterocycles. The number of aryl methyl sites for hydroxylation is 1. The van der Waals surface area contributed by atoms with E-state index >= 15 is 0 Å². The standard InChI is InChI=1S/C16H18ClN3O/c1-20-9-10(8-18-20)15-12-3-2-6-21-16(12)13-7-11(17)4-5-14(13)19-15/h4-5,7-9,12,15-16,19H,2-3,6H2,1H3/t12-,15-,16-/m0/s1. The van der Waals surface area contributed by atoms with Gasteiger partial charge in [0.25, 0.3) is 0 Å². The molecular formula is C16H18ClN3O. The maximum Gasteiger partial charge on any atom is 0.0896 e. The molecule has 110 valence electrons. The molecular weight excluding hydrogens is 286 g/mol. The van der Waals surface area contributed by atoms with Crippen LogP contribution in [0, 0.1) is 5.92 Å². The summed E-state index contributed by atoms with van der Waals surface area (Å²) < 4.78 is 7.95. The summed E-state index contributed by atoms with van der Waals surface area (Å²) in [6.07, 6.45) is 6.42. The molecule has 0 bridgehead atoms. The van der Waals surface area contributed by atoms with E-state index in [1.807, 2.05) is 30.1 Å². The first-order valence-electron chi connectivity index (χ1n) is 7.38. The summed E-state index contributed by atoms with van der Waals surface area (Å²) in [5.41, 5.74) is 3.53. The second-order valence-corrected chi connectivity index (χ2v) is 6.33. The molecule has 3 atom stereocenters. The molecule has 0 spiro atoms.